The standard InChI is InChI=1S/C14H26N4O2S/c1-11(2)9-18-14(16-10-17-18)8-12(15-3)13-6-4-5-7-21(13,19)20/h10-13,15H,4-9H2,1-3H3. The normalized spacial score (nSPS) is 23.3. The quantitative estimate of drug-likeness (QED) is 0.849. The predicted molar refractivity (Wildman–Crippen MR) is 82.8 cm³/mol. The smallest absolute Gasteiger partial charge is 0.154 e. The molecule has 7 heteroatoms. The van der Waals surface area contributed by atoms with Gasteiger partial charge in [-0.1, -0.05) is 20.3 Å². The third-order valence-electron chi connectivity index (χ3n) is 4.08. The SMILES string of the molecule is CNC(Cc1ncnn1CC(C)C)C1CCCCS1(=O)=O. The fourth-order valence-corrected chi connectivity index (χ4v) is 5.16. The van der Waals surface area contributed by atoms with E-state index in [9.17, 15) is 8.42 Å². The van der Waals surface area contributed by atoms with E-state index in [0.717, 1.165) is 31.6 Å². The first-order chi connectivity index (χ1) is 9.94. The number of hydrogen-bond acceptors (Lipinski definition) is 5. The number of aromatic nitrogens is 3. The first kappa shape index (κ1) is 16.4. The van der Waals surface area contributed by atoms with Gasteiger partial charge < -0.3 is 5.32 Å². The molecule has 2 unspecified atom stereocenters. The molecule has 1 aliphatic rings. The highest BCUT2D eigenvalue weighted by Gasteiger charge is 2.35. The zero-order chi connectivity index (χ0) is 15.5. The Labute approximate surface area is 127 Å². The maximum atomic E-state index is 12.3. The zero-order valence-corrected chi connectivity index (χ0v) is 13.9. The number of nitrogens with one attached hydrogen (secondary N) is 1. The summed E-state index contributed by atoms with van der Waals surface area (Å²) in [6.07, 6.45) is 4.68. The Balaban J connectivity index is 2.14. The molecule has 6 nitrogen and oxygen atoms in total. The molecule has 1 saturated heterocycles. The maximum Gasteiger partial charge on any atom is 0.154 e. The van der Waals surface area contributed by atoms with E-state index >= 15 is 0 Å². The summed E-state index contributed by atoms with van der Waals surface area (Å²) in [7, 11) is -1.16. The van der Waals surface area contributed by atoms with Crippen molar-refractivity contribution < 1.29 is 8.42 Å². The third kappa shape index (κ3) is 4.03. The molecule has 0 amide bonds. The van der Waals surface area contributed by atoms with Crippen LogP contribution in [0.5, 0.6) is 0 Å². The molecule has 1 aromatic heterocycles. The summed E-state index contributed by atoms with van der Waals surface area (Å²) in [4.78, 5) is 4.32. The minimum Gasteiger partial charge on any atom is -0.315 e. The van der Waals surface area contributed by atoms with Crippen LogP contribution in [0.1, 0.15) is 38.9 Å². The summed E-state index contributed by atoms with van der Waals surface area (Å²) in [6, 6.07) is -0.0922. The van der Waals surface area contributed by atoms with Gasteiger partial charge in [0.25, 0.3) is 0 Å². The fourth-order valence-electron chi connectivity index (χ4n) is 2.99. The molecule has 2 atom stereocenters. The molecule has 1 aromatic rings. The molecule has 0 aromatic carbocycles. The van der Waals surface area contributed by atoms with Gasteiger partial charge >= 0.3 is 0 Å². The van der Waals surface area contributed by atoms with Gasteiger partial charge in [0.15, 0.2) is 9.84 Å². The van der Waals surface area contributed by atoms with Crippen LogP contribution >= 0.6 is 0 Å². The second-order valence-electron chi connectivity index (χ2n) is 6.25. The molecule has 0 saturated carbocycles. The van der Waals surface area contributed by atoms with Gasteiger partial charge in [-0.25, -0.2) is 18.1 Å². The number of nitrogens with zero attached hydrogens (tertiary/aromatic N) is 3. The molecule has 1 fully saturated rings. The van der Waals surface area contributed by atoms with Crippen molar-refractivity contribution in [3.05, 3.63) is 12.2 Å². The lowest BCUT2D eigenvalue weighted by Crippen LogP contribution is -2.47. The van der Waals surface area contributed by atoms with Crippen molar-refractivity contribution in [1.29, 1.82) is 0 Å². The highest BCUT2D eigenvalue weighted by atomic mass is 32.2. The van der Waals surface area contributed by atoms with Crippen molar-refractivity contribution in [3.8, 4) is 0 Å². The van der Waals surface area contributed by atoms with Crippen LogP contribution in [0.25, 0.3) is 0 Å². The van der Waals surface area contributed by atoms with Crippen molar-refractivity contribution in [3.63, 3.8) is 0 Å². The Morgan fingerprint density at radius 1 is 1.43 bits per heavy atom. The van der Waals surface area contributed by atoms with Gasteiger partial charge in [0.1, 0.15) is 12.2 Å². The lowest BCUT2D eigenvalue weighted by molar-refractivity contribution is 0.423. The summed E-state index contributed by atoms with van der Waals surface area (Å²) in [5.74, 6) is 1.66. The van der Waals surface area contributed by atoms with Crippen LogP contribution in [0, 0.1) is 5.92 Å². The molecule has 0 bridgehead atoms. The molecule has 1 N–H and O–H groups in total. The summed E-state index contributed by atoms with van der Waals surface area (Å²) < 4.78 is 26.5. The molecule has 1 aliphatic heterocycles. The van der Waals surface area contributed by atoms with E-state index in [0.29, 0.717) is 18.1 Å². The van der Waals surface area contributed by atoms with Crippen LogP contribution in [-0.4, -0.2) is 47.3 Å². The molecule has 120 valence electrons. The van der Waals surface area contributed by atoms with Crippen molar-refractivity contribution in [1.82, 2.24) is 20.1 Å². The van der Waals surface area contributed by atoms with Crippen LogP contribution in [0.2, 0.25) is 0 Å². The number of likely N-dealkylation sites (N-methyl/N-ethyl adjacent to an activating group) is 1. The van der Waals surface area contributed by atoms with E-state index in [1.807, 2.05) is 11.7 Å². The monoisotopic (exact) mass is 314 g/mol. The van der Waals surface area contributed by atoms with Crippen molar-refractivity contribution in [2.45, 2.75) is 57.4 Å². The molecular formula is C14H26N4O2S. The first-order valence-electron chi connectivity index (χ1n) is 7.69. The zero-order valence-electron chi connectivity index (χ0n) is 13.1. The topological polar surface area (TPSA) is 76.9 Å². The fraction of sp³-hybridized carbons (Fsp3) is 0.857. The van der Waals surface area contributed by atoms with E-state index in [4.69, 9.17) is 0 Å². The van der Waals surface area contributed by atoms with Gasteiger partial charge in [-0.2, -0.15) is 5.10 Å². The van der Waals surface area contributed by atoms with E-state index in [1.54, 1.807) is 6.33 Å². The summed E-state index contributed by atoms with van der Waals surface area (Å²) in [5.41, 5.74) is 0. The minimum atomic E-state index is -2.99. The van der Waals surface area contributed by atoms with Crippen LogP contribution in [0.3, 0.4) is 0 Å². The molecular weight excluding hydrogens is 288 g/mol. The summed E-state index contributed by atoms with van der Waals surface area (Å²) >= 11 is 0. The maximum absolute atomic E-state index is 12.3. The Morgan fingerprint density at radius 3 is 2.81 bits per heavy atom. The molecule has 2 heterocycles. The first-order valence-corrected chi connectivity index (χ1v) is 9.41. The van der Waals surface area contributed by atoms with Gasteiger partial charge in [0.2, 0.25) is 0 Å². The molecule has 0 aliphatic carbocycles. The van der Waals surface area contributed by atoms with Crippen molar-refractivity contribution in [2.75, 3.05) is 12.8 Å². The largest absolute Gasteiger partial charge is 0.315 e. The van der Waals surface area contributed by atoms with Crippen LogP contribution < -0.4 is 5.32 Å². The number of sulfone groups is 1. The van der Waals surface area contributed by atoms with Gasteiger partial charge in [0.05, 0.1) is 11.0 Å². The lowest BCUT2D eigenvalue weighted by atomic mass is 10.0. The Hall–Kier alpha value is -0.950. The Bertz CT molecular complexity index is 553. The van der Waals surface area contributed by atoms with Crippen LogP contribution in [0.4, 0.5) is 0 Å². The minimum absolute atomic E-state index is 0.0922. The third-order valence-corrected chi connectivity index (χ3v) is 6.43. The summed E-state index contributed by atoms with van der Waals surface area (Å²) in [6.45, 7) is 5.07. The Kier molecular flexibility index (Phi) is 5.37. The second kappa shape index (κ2) is 6.87. The van der Waals surface area contributed by atoms with E-state index in [2.05, 4.69) is 29.2 Å². The Morgan fingerprint density at radius 2 is 2.19 bits per heavy atom. The van der Waals surface area contributed by atoms with Crippen molar-refractivity contribution in [2.24, 2.45) is 5.92 Å². The second-order valence-corrected chi connectivity index (χ2v) is 8.59. The van der Waals surface area contributed by atoms with Crippen molar-refractivity contribution >= 4 is 9.84 Å². The number of rotatable bonds is 6. The van der Waals surface area contributed by atoms with Crippen LogP contribution in [-0.2, 0) is 22.8 Å². The van der Waals surface area contributed by atoms with Gasteiger partial charge in [-0.05, 0) is 25.8 Å². The highest BCUT2D eigenvalue weighted by Crippen LogP contribution is 2.23. The summed E-state index contributed by atoms with van der Waals surface area (Å²) in [5, 5.41) is 7.13. The molecule has 0 radical (unpaired) electrons. The van der Waals surface area contributed by atoms with E-state index < -0.39 is 9.84 Å². The van der Waals surface area contributed by atoms with Crippen LogP contribution in [0.15, 0.2) is 6.33 Å². The number of hydrogen-bond donors (Lipinski definition) is 1. The average molecular weight is 314 g/mol. The lowest BCUT2D eigenvalue weighted by Gasteiger charge is -2.29. The van der Waals surface area contributed by atoms with Gasteiger partial charge in [-0.15, -0.1) is 0 Å². The predicted octanol–water partition coefficient (Wildman–Crippen LogP) is 1.03. The van der Waals surface area contributed by atoms with E-state index in [-0.39, 0.29) is 11.3 Å². The van der Waals surface area contributed by atoms with Gasteiger partial charge in [0, 0.05) is 19.0 Å². The average Bonchev–Trinajstić information content (AvgIpc) is 2.82. The van der Waals surface area contributed by atoms with E-state index in [1.165, 1.54) is 0 Å². The molecule has 2 rings (SSSR count). The molecule has 21 heavy (non-hydrogen) atoms. The molecule has 0 spiro atoms. The van der Waals surface area contributed by atoms with Gasteiger partial charge in [-0.3, -0.25) is 0 Å². The highest BCUT2D eigenvalue weighted by molar-refractivity contribution is 7.92.